The Kier molecular flexibility index (Phi) is 3.15. The van der Waals surface area contributed by atoms with Crippen molar-refractivity contribution in [3.05, 3.63) is 46.6 Å². The van der Waals surface area contributed by atoms with Gasteiger partial charge in [0.15, 0.2) is 6.29 Å². The largest absolute Gasteiger partial charge is 0.298 e. The van der Waals surface area contributed by atoms with Crippen molar-refractivity contribution in [3.8, 4) is 11.3 Å². The minimum absolute atomic E-state index is 0.0611. The molecular formula is C12H8ClFN2O. The van der Waals surface area contributed by atoms with Gasteiger partial charge in [0.05, 0.1) is 11.3 Å². The minimum Gasteiger partial charge on any atom is -0.298 e. The minimum atomic E-state index is -0.353. The number of aromatic nitrogens is 2. The van der Waals surface area contributed by atoms with Crippen molar-refractivity contribution in [2.75, 3.05) is 0 Å². The van der Waals surface area contributed by atoms with Crippen molar-refractivity contribution in [1.29, 1.82) is 0 Å². The molecule has 0 amide bonds. The number of rotatable bonds is 2. The van der Waals surface area contributed by atoms with Crippen molar-refractivity contribution in [3.63, 3.8) is 0 Å². The van der Waals surface area contributed by atoms with E-state index in [0.29, 0.717) is 23.1 Å². The maximum absolute atomic E-state index is 13.4. The first-order valence-electron chi connectivity index (χ1n) is 4.85. The third-order valence-corrected chi connectivity index (χ3v) is 2.70. The topological polar surface area (TPSA) is 42.9 Å². The van der Waals surface area contributed by atoms with Gasteiger partial charge in [0, 0.05) is 5.56 Å². The van der Waals surface area contributed by atoms with Gasteiger partial charge in [-0.05, 0) is 18.6 Å². The van der Waals surface area contributed by atoms with Gasteiger partial charge in [0.25, 0.3) is 0 Å². The van der Waals surface area contributed by atoms with E-state index in [1.807, 2.05) is 0 Å². The first-order chi connectivity index (χ1) is 8.13. The van der Waals surface area contributed by atoms with Gasteiger partial charge < -0.3 is 0 Å². The van der Waals surface area contributed by atoms with E-state index < -0.39 is 0 Å². The number of carbonyl (C=O) groups excluding carboxylic acids is 1. The summed E-state index contributed by atoms with van der Waals surface area (Å²) in [5.41, 5.74) is 1.53. The van der Waals surface area contributed by atoms with Gasteiger partial charge in [-0.1, -0.05) is 23.7 Å². The normalized spacial score (nSPS) is 10.3. The monoisotopic (exact) mass is 250 g/mol. The van der Waals surface area contributed by atoms with E-state index in [-0.39, 0.29) is 16.5 Å². The second-order valence-corrected chi connectivity index (χ2v) is 3.87. The molecule has 0 saturated heterocycles. The van der Waals surface area contributed by atoms with E-state index in [1.54, 1.807) is 19.1 Å². The highest BCUT2D eigenvalue weighted by atomic mass is 35.5. The van der Waals surface area contributed by atoms with Crippen molar-refractivity contribution in [1.82, 2.24) is 9.97 Å². The molecule has 0 aliphatic heterocycles. The Morgan fingerprint density at radius 1 is 1.35 bits per heavy atom. The first-order valence-corrected chi connectivity index (χ1v) is 5.23. The highest BCUT2D eigenvalue weighted by molar-refractivity contribution is 6.32. The van der Waals surface area contributed by atoms with Gasteiger partial charge in [0.1, 0.15) is 17.3 Å². The Balaban J connectivity index is 2.64. The second kappa shape index (κ2) is 4.59. The molecule has 0 N–H and O–H groups in total. The van der Waals surface area contributed by atoms with Crippen molar-refractivity contribution >= 4 is 17.9 Å². The van der Waals surface area contributed by atoms with Gasteiger partial charge in [0.2, 0.25) is 0 Å². The van der Waals surface area contributed by atoms with E-state index in [0.717, 1.165) is 0 Å². The van der Waals surface area contributed by atoms with Crippen LogP contribution in [-0.4, -0.2) is 16.3 Å². The highest BCUT2D eigenvalue weighted by Gasteiger charge is 2.12. The molecule has 5 heteroatoms. The molecule has 2 rings (SSSR count). The first kappa shape index (κ1) is 11.7. The Morgan fingerprint density at radius 2 is 2.12 bits per heavy atom. The van der Waals surface area contributed by atoms with Gasteiger partial charge in [-0.3, -0.25) is 4.79 Å². The van der Waals surface area contributed by atoms with Crippen LogP contribution in [0.25, 0.3) is 11.3 Å². The number of hydrogen-bond acceptors (Lipinski definition) is 3. The third kappa shape index (κ3) is 2.17. The molecule has 0 fully saturated rings. The van der Waals surface area contributed by atoms with Gasteiger partial charge in [-0.25, -0.2) is 14.4 Å². The van der Waals surface area contributed by atoms with E-state index >= 15 is 0 Å². The van der Waals surface area contributed by atoms with Gasteiger partial charge in [-0.2, -0.15) is 0 Å². The zero-order valence-electron chi connectivity index (χ0n) is 8.95. The van der Waals surface area contributed by atoms with E-state index in [2.05, 4.69) is 9.97 Å². The summed E-state index contributed by atoms with van der Waals surface area (Å²) in [5, 5.41) is 0.0611. The van der Waals surface area contributed by atoms with Crippen LogP contribution in [-0.2, 0) is 0 Å². The lowest BCUT2D eigenvalue weighted by molar-refractivity contribution is 0.112. The molecule has 0 saturated carbocycles. The smallest absolute Gasteiger partial charge is 0.155 e. The predicted molar refractivity (Wildman–Crippen MR) is 62.6 cm³/mol. The molecule has 2 aromatic rings. The van der Waals surface area contributed by atoms with Crippen molar-refractivity contribution < 1.29 is 9.18 Å². The van der Waals surface area contributed by atoms with Crippen LogP contribution in [0.15, 0.2) is 24.5 Å². The van der Waals surface area contributed by atoms with Crippen molar-refractivity contribution in [2.45, 2.75) is 6.92 Å². The maximum Gasteiger partial charge on any atom is 0.155 e. The lowest BCUT2D eigenvalue weighted by Crippen LogP contribution is -1.96. The summed E-state index contributed by atoms with van der Waals surface area (Å²) in [4.78, 5) is 18.6. The summed E-state index contributed by atoms with van der Waals surface area (Å²) >= 11 is 5.77. The number of halogens is 2. The van der Waals surface area contributed by atoms with Crippen LogP contribution in [0, 0.1) is 12.7 Å². The van der Waals surface area contributed by atoms with Crippen LogP contribution in [0.4, 0.5) is 4.39 Å². The number of benzene rings is 1. The molecule has 1 heterocycles. The number of aryl methyl sites for hydroxylation is 1. The van der Waals surface area contributed by atoms with Crippen molar-refractivity contribution in [2.24, 2.45) is 0 Å². The molecule has 0 unspecified atom stereocenters. The summed E-state index contributed by atoms with van der Waals surface area (Å²) in [5.74, 6) is -0.353. The number of aldehydes is 1. The molecule has 0 spiro atoms. The molecule has 0 atom stereocenters. The predicted octanol–water partition coefficient (Wildman–Crippen LogP) is 3.06. The number of nitrogens with zero attached hydrogens (tertiary/aromatic N) is 2. The third-order valence-electron chi connectivity index (χ3n) is 2.40. The SMILES string of the molecule is Cc1ccc(-c2ncnc(Cl)c2C=O)cc1F. The summed E-state index contributed by atoms with van der Waals surface area (Å²) in [6, 6.07) is 4.63. The molecular weight excluding hydrogens is 243 g/mol. The highest BCUT2D eigenvalue weighted by Crippen LogP contribution is 2.25. The van der Waals surface area contributed by atoms with Gasteiger partial charge in [-0.15, -0.1) is 0 Å². The second-order valence-electron chi connectivity index (χ2n) is 3.51. The van der Waals surface area contributed by atoms with Crippen LogP contribution in [0.3, 0.4) is 0 Å². The van der Waals surface area contributed by atoms with E-state index in [4.69, 9.17) is 11.6 Å². The Hall–Kier alpha value is -1.81. The zero-order valence-corrected chi connectivity index (χ0v) is 9.70. The quantitative estimate of drug-likeness (QED) is 0.608. The lowest BCUT2D eigenvalue weighted by Gasteiger charge is -2.05. The molecule has 0 radical (unpaired) electrons. The fraction of sp³-hybridized carbons (Fsp3) is 0.0833. The number of hydrogen-bond donors (Lipinski definition) is 0. The van der Waals surface area contributed by atoms with Crippen LogP contribution in [0.1, 0.15) is 15.9 Å². The molecule has 1 aromatic carbocycles. The summed E-state index contributed by atoms with van der Waals surface area (Å²) < 4.78 is 13.4. The van der Waals surface area contributed by atoms with E-state index in [1.165, 1.54) is 12.4 Å². The molecule has 0 bridgehead atoms. The van der Waals surface area contributed by atoms with Gasteiger partial charge >= 0.3 is 0 Å². The zero-order chi connectivity index (χ0) is 12.4. The lowest BCUT2D eigenvalue weighted by atomic mass is 10.1. The Bertz CT molecular complexity index is 587. The van der Waals surface area contributed by atoms with E-state index in [9.17, 15) is 9.18 Å². The molecule has 3 nitrogen and oxygen atoms in total. The molecule has 17 heavy (non-hydrogen) atoms. The standard InChI is InChI=1S/C12H8ClFN2O/c1-7-2-3-8(4-10(7)14)11-9(5-17)12(13)16-6-15-11/h2-6H,1H3. The molecule has 86 valence electrons. The molecule has 0 aliphatic carbocycles. The Morgan fingerprint density at radius 3 is 2.76 bits per heavy atom. The van der Waals surface area contributed by atoms with Crippen LogP contribution in [0.5, 0.6) is 0 Å². The van der Waals surface area contributed by atoms with Crippen LogP contribution in [0.2, 0.25) is 5.15 Å². The average molecular weight is 251 g/mol. The molecule has 1 aromatic heterocycles. The number of carbonyl (C=O) groups is 1. The average Bonchev–Trinajstić information content (AvgIpc) is 2.32. The molecule has 0 aliphatic rings. The van der Waals surface area contributed by atoms with Crippen LogP contribution >= 0.6 is 11.6 Å². The maximum atomic E-state index is 13.4. The summed E-state index contributed by atoms with van der Waals surface area (Å²) in [7, 11) is 0. The fourth-order valence-electron chi connectivity index (χ4n) is 1.45. The van der Waals surface area contributed by atoms with Crippen LogP contribution < -0.4 is 0 Å². The summed E-state index contributed by atoms with van der Waals surface area (Å²) in [6.07, 6.45) is 1.80. The summed E-state index contributed by atoms with van der Waals surface area (Å²) in [6.45, 7) is 1.66. The fourth-order valence-corrected chi connectivity index (χ4v) is 1.63. The Labute approximate surface area is 102 Å².